The monoisotopic (exact) mass is 491 g/mol. The van der Waals surface area contributed by atoms with Crippen LogP contribution in [-0.4, -0.2) is 37.4 Å². The highest BCUT2D eigenvalue weighted by molar-refractivity contribution is 7.11. The van der Waals surface area contributed by atoms with Gasteiger partial charge in [-0.1, -0.05) is 20.8 Å². The molecule has 34 heavy (non-hydrogen) atoms. The normalized spacial score (nSPS) is 14.1. The van der Waals surface area contributed by atoms with Crippen LogP contribution in [0.1, 0.15) is 71.8 Å². The van der Waals surface area contributed by atoms with Gasteiger partial charge >= 0.3 is 11.7 Å². The average molecular weight is 492 g/mol. The summed E-state index contributed by atoms with van der Waals surface area (Å²) in [6, 6.07) is 5.39. The van der Waals surface area contributed by atoms with E-state index in [1.54, 1.807) is 25.4 Å². The summed E-state index contributed by atoms with van der Waals surface area (Å²) in [5.41, 5.74) is -1.12. The van der Waals surface area contributed by atoms with Crippen LogP contribution in [0.2, 0.25) is 0 Å². The first kappa shape index (κ1) is 27.5. The number of amides is 1. The van der Waals surface area contributed by atoms with Crippen molar-refractivity contribution in [2.75, 3.05) is 14.2 Å². The molecule has 3 unspecified atom stereocenters. The van der Waals surface area contributed by atoms with Crippen LogP contribution in [0.4, 0.5) is 4.79 Å². The largest absolute Gasteiger partial charge is 0.507 e. The van der Waals surface area contributed by atoms with Crippen LogP contribution in [0.3, 0.4) is 0 Å². The van der Waals surface area contributed by atoms with Gasteiger partial charge in [-0.2, -0.15) is 4.99 Å². The number of carbonyl (C=O) groups is 2. The van der Waals surface area contributed by atoms with E-state index in [1.807, 2.05) is 26.0 Å². The standard InChI is InChI=1S/C25H33NO7S/c1-15(8-6-7-11-26-25(30)32-5)21-13-20(27)22(24(29)33-21)23(28)17(3)16(2)12-18-9-10-19(34-18)14-31-4/h9-11,13,15-17,27H,6-8,12,14H2,1-5H3. The smallest absolute Gasteiger partial charge is 0.432 e. The number of aliphatic imine (C=N–C) groups is 1. The molecule has 0 aromatic carbocycles. The molecular weight excluding hydrogens is 458 g/mol. The van der Waals surface area contributed by atoms with Crippen LogP contribution in [-0.2, 0) is 22.5 Å². The molecule has 0 radical (unpaired) electrons. The van der Waals surface area contributed by atoms with E-state index in [2.05, 4.69) is 9.73 Å². The van der Waals surface area contributed by atoms with E-state index < -0.39 is 23.4 Å². The van der Waals surface area contributed by atoms with Gasteiger partial charge < -0.3 is 19.0 Å². The topological polar surface area (TPSA) is 115 Å². The Hall–Kier alpha value is -2.78. The zero-order chi connectivity index (χ0) is 25.3. The average Bonchev–Trinajstić information content (AvgIpc) is 3.24. The fourth-order valence-electron chi connectivity index (χ4n) is 3.55. The summed E-state index contributed by atoms with van der Waals surface area (Å²) in [7, 11) is 2.91. The Morgan fingerprint density at radius 2 is 1.91 bits per heavy atom. The Morgan fingerprint density at radius 1 is 1.21 bits per heavy atom. The van der Waals surface area contributed by atoms with E-state index in [4.69, 9.17) is 9.15 Å². The number of hydrogen-bond donors (Lipinski definition) is 1. The highest BCUT2D eigenvalue weighted by Crippen LogP contribution is 2.29. The first-order valence-electron chi connectivity index (χ1n) is 11.3. The number of ketones is 1. The lowest BCUT2D eigenvalue weighted by atomic mass is 9.86. The van der Waals surface area contributed by atoms with Crippen LogP contribution < -0.4 is 5.63 Å². The van der Waals surface area contributed by atoms with E-state index in [0.717, 1.165) is 9.75 Å². The van der Waals surface area contributed by atoms with E-state index >= 15 is 0 Å². The molecular formula is C25H33NO7S. The third-order valence-corrected chi connectivity index (χ3v) is 6.90. The van der Waals surface area contributed by atoms with Gasteiger partial charge in [0.15, 0.2) is 5.78 Å². The predicted molar refractivity (Wildman–Crippen MR) is 131 cm³/mol. The van der Waals surface area contributed by atoms with Gasteiger partial charge in [-0.25, -0.2) is 9.59 Å². The molecule has 0 bridgehead atoms. The van der Waals surface area contributed by atoms with Crippen molar-refractivity contribution >= 4 is 29.4 Å². The van der Waals surface area contributed by atoms with Crippen LogP contribution in [0.15, 0.2) is 32.4 Å². The van der Waals surface area contributed by atoms with E-state index in [-0.39, 0.29) is 23.1 Å². The number of unbranched alkanes of at least 4 members (excludes halogenated alkanes) is 1. The van der Waals surface area contributed by atoms with Crippen LogP contribution in [0, 0.1) is 11.8 Å². The minimum atomic E-state index is -0.823. The van der Waals surface area contributed by atoms with Gasteiger partial charge in [-0.05, 0) is 43.7 Å². The van der Waals surface area contributed by atoms with Crippen LogP contribution in [0.25, 0.3) is 0 Å². The maximum Gasteiger partial charge on any atom is 0.432 e. The molecule has 2 aromatic heterocycles. The minimum absolute atomic E-state index is 0.0365. The lowest BCUT2D eigenvalue weighted by molar-refractivity contribution is 0.0885. The van der Waals surface area contributed by atoms with E-state index in [1.165, 1.54) is 19.4 Å². The summed E-state index contributed by atoms with van der Waals surface area (Å²) in [5.74, 6) is -1.14. The third kappa shape index (κ3) is 7.63. The lowest BCUT2D eigenvalue weighted by Gasteiger charge is -2.18. The van der Waals surface area contributed by atoms with Crippen LogP contribution >= 0.6 is 11.3 Å². The molecule has 0 aliphatic heterocycles. The first-order valence-corrected chi connectivity index (χ1v) is 12.1. The van der Waals surface area contributed by atoms with E-state index in [0.29, 0.717) is 38.1 Å². The molecule has 9 heteroatoms. The summed E-state index contributed by atoms with van der Waals surface area (Å²) >= 11 is 1.64. The molecule has 0 aliphatic carbocycles. The highest BCUT2D eigenvalue weighted by atomic mass is 32.1. The number of aromatic hydroxyl groups is 1. The highest BCUT2D eigenvalue weighted by Gasteiger charge is 2.28. The molecule has 0 spiro atoms. The number of ether oxygens (including phenoxy) is 2. The molecule has 3 atom stereocenters. The molecule has 2 aromatic rings. The molecule has 0 saturated heterocycles. The zero-order valence-corrected chi connectivity index (χ0v) is 21.1. The minimum Gasteiger partial charge on any atom is -0.507 e. The van der Waals surface area contributed by atoms with Gasteiger partial charge in [0.25, 0.3) is 0 Å². The SMILES string of the molecule is COCc1ccc(CC(C)C(C)C(=O)c2c(O)cc(C(C)CCCC=NC(=O)OC)oc2=O)s1. The second kappa shape index (κ2) is 13.2. The molecule has 2 rings (SSSR count). The number of rotatable bonds is 12. The van der Waals surface area contributed by atoms with Gasteiger partial charge in [0.1, 0.15) is 17.1 Å². The van der Waals surface area contributed by atoms with E-state index in [9.17, 15) is 19.5 Å². The Morgan fingerprint density at radius 3 is 2.56 bits per heavy atom. The van der Waals surface area contributed by atoms with Gasteiger partial charge in [0.2, 0.25) is 0 Å². The van der Waals surface area contributed by atoms with Crippen molar-refractivity contribution in [3.63, 3.8) is 0 Å². The molecule has 0 fully saturated rings. The third-order valence-electron chi connectivity index (χ3n) is 5.82. The number of hydrogen-bond acceptors (Lipinski definition) is 8. The fraction of sp³-hybridized carbons (Fsp3) is 0.520. The maximum atomic E-state index is 13.0. The van der Waals surface area contributed by atoms with Crippen molar-refractivity contribution in [3.05, 3.63) is 49.7 Å². The quantitative estimate of drug-likeness (QED) is 0.241. The fourth-order valence-corrected chi connectivity index (χ4v) is 4.68. The Bertz CT molecular complexity index is 1060. The molecule has 0 aliphatic rings. The number of methoxy groups -OCH3 is 2. The van der Waals surface area contributed by atoms with Crippen LogP contribution in [0.5, 0.6) is 5.75 Å². The molecule has 1 N–H and O–H groups in total. The van der Waals surface area contributed by atoms with Crippen molar-refractivity contribution in [3.8, 4) is 5.75 Å². The van der Waals surface area contributed by atoms with Gasteiger partial charge in [-0.15, -0.1) is 11.3 Å². The van der Waals surface area contributed by atoms with Crippen molar-refractivity contribution in [1.82, 2.24) is 0 Å². The molecule has 2 heterocycles. The summed E-state index contributed by atoms with van der Waals surface area (Å²) < 4.78 is 15.0. The van der Waals surface area contributed by atoms with Gasteiger partial charge in [-0.3, -0.25) is 4.79 Å². The number of carbonyl (C=O) groups excluding carboxylic acids is 2. The predicted octanol–water partition coefficient (Wildman–Crippen LogP) is 5.36. The van der Waals surface area contributed by atoms with Gasteiger partial charge in [0, 0.05) is 41.0 Å². The lowest BCUT2D eigenvalue weighted by Crippen LogP contribution is -2.26. The molecule has 8 nitrogen and oxygen atoms in total. The Labute approximate surface area is 203 Å². The Kier molecular flexibility index (Phi) is 10.7. The zero-order valence-electron chi connectivity index (χ0n) is 20.3. The molecule has 1 amide bonds. The summed E-state index contributed by atoms with van der Waals surface area (Å²) in [4.78, 5) is 42.5. The number of thiophene rings is 1. The van der Waals surface area contributed by atoms with Crippen molar-refractivity contribution in [2.24, 2.45) is 16.8 Å². The van der Waals surface area contributed by atoms with Gasteiger partial charge in [0.05, 0.1) is 13.7 Å². The number of nitrogens with zero attached hydrogens (tertiary/aromatic N) is 1. The van der Waals surface area contributed by atoms with Crippen molar-refractivity contribution in [1.29, 1.82) is 0 Å². The van der Waals surface area contributed by atoms with Crippen molar-refractivity contribution < 1.29 is 28.6 Å². The first-order chi connectivity index (χ1) is 16.2. The van der Waals surface area contributed by atoms with Crippen molar-refractivity contribution in [2.45, 2.75) is 59.0 Å². The second-order valence-electron chi connectivity index (χ2n) is 8.45. The Balaban J connectivity index is 2.03. The summed E-state index contributed by atoms with van der Waals surface area (Å²) in [6.45, 7) is 6.13. The maximum absolute atomic E-state index is 13.0. The summed E-state index contributed by atoms with van der Waals surface area (Å²) in [6.07, 6.45) is 3.39. The molecule has 0 saturated carbocycles. The second-order valence-corrected chi connectivity index (χ2v) is 9.70. The summed E-state index contributed by atoms with van der Waals surface area (Å²) in [5, 5.41) is 10.5. The molecule has 186 valence electrons. The number of Topliss-reactive ketones (excluding diaryl/α,β-unsaturated/α-hetero) is 1.